The number of nitrogens with zero attached hydrogens (tertiary/aromatic N) is 1. The number of pyridine rings is 1. The molecule has 24 heavy (non-hydrogen) atoms. The van der Waals surface area contributed by atoms with E-state index in [1.165, 1.54) is 5.56 Å². The summed E-state index contributed by atoms with van der Waals surface area (Å²) in [5.74, 6) is -0.151. The summed E-state index contributed by atoms with van der Waals surface area (Å²) in [6.07, 6.45) is 4.99. The molecule has 0 fully saturated rings. The molecule has 1 heterocycles. The van der Waals surface area contributed by atoms with Gasteiger partial charge in [-0.1, -0.05) is 41.9 Å². The van der Waals surface area contributed by atoms with Crippen molar-refractivity contribution < 1.29 is 4.79 Å². The maximum absolute atomic E-state index is 12.7. The van der Waals surface area contributed by atoms with Gasteiger partial charge in [-0.2, -0.15) is 0 Å². The molecule has 3 rings (SSSR count). The van der Waals surface area contributed by atoms with Crippen LogP contribution in [-0.2, 0) is 19.3 Å². The molecule has 0 radical (unpaired) electrons. The monoisotopic (exact) mass is 342 g/mol. The molecule has 0 saturated heterocycles. The van der Waals surface area contributed by atoms with Gasteiger partial charge in [0.05, 0.1) is 5.56 Å². The number of aryl methyl sites for hydroxylation is 2. The molecule has 1 N–H and O–H groups in total. The zero-order chi connectivity index (χ0) is 17.2. The fourth-order valence-corrected chi connectivity index (χ4v) is 3.54. The van der Waals surface area contributed by atoms with Crippen molar-refractivity contribution in [2.45, 2.75) is 51.5 Å². The van der Waals surface area contributed by atoms with Gasteiger partial charge in [0, 0.05) is 11.2 Å². The second-order valence-electron chi connectivity index (χ2n) is 7.14. The summed E-state index contributed by atoms with van der Waals surface area (Å²) in [6.45, 7) is 4.05. The lowest BCUT2D eigenvalue weighted by atomic mass is 9.93. The number of rotatable bonds is 4. The number of hydrogen-bond donors (Lipinski definition) is 1. The summed E-state index contributed by atoms with van der Waals surface area (Å²) >= 11 is 6.27. The Morgan fingerprint density at radius 3 is 2.67 bits per heavy atom. The number of halogens is 1. The van der Waals surface area contributed by atoms with Crippen molar-refractivity contribution in [3.8, 4) is 0 Å². The van der Waals surface area contributed by atoms with E-state index in [9.17, 15) is 4.79 Å². The van der Waals surface area contributed by atoms with E-state index in [1.54, 1.807) is 0 Å². The quantitative estimate of drug-likeness (QED) is 0.838. The van der Waals surface area contributed by atoms with Crippen LogP contribution in [0, 0.1) is 0 Å². The molecule has 0 aliphatic heterocycles. The predicted octanol–water partition coefficient (Wildman–Crippen LogP) is 4.36. The average molecular weight is 343 g/mol. The molecular weight excluding hydrogens is 320 g/mol. The van der Waals surface area contributed by atoms with Gasteiger partial charge in [0.2, 0.25) is 0 Å². The number of fused-ring (bicyclic) bond motifs is 1. The van der Waals surface area contributed by atoms with Crippen molar-refractivity contribution in [1.82, 2.24) is 10.3 Å². The Hall–Kier alpha value is -1.87. The van der Waals surface area contributed by atoms with Crippen molar-refractivity contribution in [2.24, 2.45) is 0 Å². The third-order valence-corrected chi connectivity index (χ3v) is 4.73. The molecular formula is C20H23ClN2O. The molecule has 2 aromatic rings. The molecule has 1 amide bonds. The number of carbonyl (C=O) groups excluding carboxylic acids is 1. The van der Waals surface area contributed by atoms with Gasteiger partial charge in [0.25, 0.3) is 5.91 Å². The Balaban J connectivity index is 1.76. The SMILES string of the molecule is CC(C)(Cc1ccccc1)NC(=O)c1cc2c(nc1Cl)CCCC2. The molecule has 126 valence electrons. The number of benzene rings is 1. The summed E-state index contributed by atoms with van der Waals surface area (Å²) in [5, 5.41) is 3.41. The summed E-state index contributed by atoms with van der Waals surface area (Å²) < 4.78 is 0. The Morgan fingerprint density at radius 2 is 1.92 bits per heavy atom. The Bertz CT molecular complexity index is 741. The zero-order valence-corrected chi connectivity index (χ0v) is 15.0. The van der Waals surface area contributed by atoms with Gasteiger partial charge in [-0.15, -0.1) is 0 Å². The van der Waals surface area contributed by atoms with Crippen molar-refractivity contribution >= 4 is 17.5 Å². The Kier molecular flexibility index (Phi) is 4.91. The van der Waals surface area contributed by atoms with Crippen LogP contribution in [0.25, 0.3) is 0 Å². The summed E-state index contributed by atoms with van der Waals surface area (Å²) in [6, 6.07) is 12.1. The van der Waals surface area contributed by atoms with E-state index >= 15 is 0 Å². The topological polar surface area (TPSA) is 42.0 Å². The molecule has 1 aromatic heterocycles. The molecule has 1 aliphatic carbocycles. The van der Waals surface area contributed by atoms with Crippen molar-refractivity contribution in [3.05, 3.63) is 63.9 Å². The van der Waals surface area contributed by atoms with Gasteiger partial charge < -0.3 is 5.32 Å². The first-order valence-electron chi connectivity index (χ1n) is 8.49. The highest BCUT2D eigenvalue weighted by molar-refractivity contribution is 6.32. The van der Waals surface area contributed by atoms with E-state index < -0.39 is 0 Å². The van der Waals surface area contributed by atoms with Crippen LogP contribution in [0.5, 0.6) is 0 Å². The lowest BCUT2D eigenvalue weighted by molar-refractivity contribution is 0.0912. The molecule has 3 nitrogen and oxygen atoms in total. The molecule has 0 unspecified atom stereocenters. The van der Waals surface area contributed by atoms with Crippen molar-refractivity contribution in [3.63, 3.8) is 0 Å². The zero-order valence-electron chi connectivity index (χ0n) is 14.2. The van der Waals surface area contributed by atoms with E-state index in [-0.39, 0.29) is 11.4 Å². The van der Waals surface area contributed by atoms with Crippen molar-refractivity contribution in [1.29, 1.82) is 0 Å². The molecule has 4 heteroatoms. The highest BCUT2D eigenvalue weighted by Crippen LogP contribution is 2.25. The minimum Gasteiger partial charge on any atom is -0.347 e. The van der Waals surface area contributed by atoms with Gasteiger partial charge >= 0.3 is 0 Å². The molecule has 1 aromatic carbocycles. The fraction of sp³-hybridized carbons (Fsp3) is 0.400. The van der Waals surface area contributed by atoms with Crippen LogP contribution in [-0.4, -0.2) is 16.4 Å². The van der Waals surface area contributed by atoms with E-state index in [0.29, 0.717) is 10.7 Å². The second-order valence-corrected chi connectivity index (χ2v) is 7.50. The van der Waals surface area contributed by atoms with Gasteiger partial charge in [-0.3, -0.25) is 4.79 Å². The smallest absolute Gasteiger partial charge is 0.254 e. The highest BCUT2D eigenvalue weighted by Gasteiger charge is 2.24. The first-order chi connectivity index (χ1) is 11.4. The number of carbonyl (C=O) groups is 1. The van der Waals surface area contributed by atoms with Crippen LogP contribution in [0.2, 0.25) is 5.15 Å². The predicted molar refractivity (Wildman–Crippen MR) is 97.6 cm³/mol. The fourth-order valence-electron chi connectivity index (χ4n) is 3.29. The number of aromatic nitrogens is 1. The molecule has 0 atom stereocenters. The minimum atomic E-state index is -0.363. The maximum atomic E-state index is 12.7. The molecule has 0 bridgehead atoms. The van der Waals surface area contributed by atoms with E-state index in [1.807, 2.05) is 38.1 Å². The van der Waals surface area contributed by atoms with Crippen molar-refractivity contribution in [2.75, 3.05) is 0 Å². The first kappa shape index (κ1) is 17.0. The maximum Gasteiger partial charge on any atom is 0.254 e. The van der Waals surface area contributed by atoms with E-state index in [4.69, 9.17) is 11.6 Å². The second kappa shape index (κ2) is 6.94. The van der Waals surface area contributed by atoms with Crippen LogP contribution in [0.1, 0.15) is 53.9 Å². The molecule has 0 spiro atoms. The van der Waals surface area contributed by atoms with Gasteiger partial charge in [0.1, 0.15) is 5.15 Å². The van der Waals surface area contributed by atoms with Crippen LogP contribution in [0.15, 0.2) is 36.4 Å². The van der Waals surface area contributed by atoms with E-state index in [2.05, 4.69) is 22.4 Å². The van der Waals surface area contributed by atoms with Gasteiger partial charge in [-0.25, -0.2) is 4.98 Å². The first-order valence-corrected chi connectivity index (χ1v) is 8.87. The number of hydrogen-bond acceptors (Lipinski definition) is 2. The normalized spacial score (nSPS) is 14.1. The summed E-state index contributed by atoms with van der Waals surface area (Å²) in [4.78, 5) is 17.2. The third kappa shape index (κ3) is 3.96. The van der Waals surface area contributed by atoms with Gasteiger partial charge in [-0.05, 0) is 63.1 Å². The standard InChI is InChI=1S/C20H23ClN2O/c1-20(2,13-14-8-4-3-5-9-14)23-19(24)16-12-15-10-6-7-11-17(15)22-18(16)21/h3-5,8-9,12H,6-7,10-11,13H2,1-2H3,(H,23,24). The minimum absolute atomic E-state index is 0.151. The van der Waals surface area contributed by atoms with Crippen LogP contribution in [0.3, 0.4) is 0 Å². The lowest BCUT2D eigenvalue weighted by Gasteiger charge is -2.27. The van der Waals surface area contributed by atoms with Crippen LogP contribution < -0.4 is 5.32 Å². The number of nitrogens with one attached hydrogen (secondary N) is 1. The lowest BCUT2D eigenvalue weighted by Crippen LogP contribution is -2.45. The van der Waals surface area contributed by atoms with Gasteiger partial charge in [0.15, 0.2) is 0 Å². The highest BCUT2D eigenvalue weighted by atomic mass is 35.5. The largest absolute Gasteiger partial charge is 0.347 e. The van der Waals surface area contributed by atoms with Crippen LogP contribution >= 0.6 is 11.6 Å². The summed E-state index contributed by atoms with van der Waals surface area (Å²) in [5.41, 5.74) is 3.52. The average Bonchev–Trinajstić information content (AvgIpc) is 2.54. The number of amides is 1. The molecule has 0 saturated carbocycles. The van der Waals surface area contributed by atoms with E-state index in [0.717, 1.165) is 43.4 Å². The molecule has 1 aliphatic rings. The Labute approximate surface area is 148 Å². The Morgan fingerprint density at radius 1 is 1.21 bits per heavy atom. The summed E-state index contributed by atoms with van der Waals surface area (Å²) in [7, 11) is 0. The van der Waals surface area contributed by atoms with Crippen LogP contribution in [0.4, 0.5) is 0 Å². The third-order valence-electron chi connectivity index (χ3n) is 4.44.